The molecule has 4 aromatic rings. The van der Waals surface area contributed by atoms with Gasteiger partial charge in [-0.15, -0.1) is 0 Å². The monoisotopic (exact) mass is 402 g/mol. The lowest BCUT2D eigenvalue weighted by atomic mass is 9.78. The molecular weight excluding hydrogens is 374 g/mol. The first-order valence-corrected chi connectivity index (χ1v) is 11.4. The molecule has 152 valence electrons. The van der Waals surface area contributed by atoms with E-state index >= 15 is 0 Å². The standard InChI is InChI=1S/C30H28N/c1-5-29-21(4)30(29,6-2)31-18-17-23-9-7-8-10-25(23)28(31)26-19-24(15-16-27(26)29)22-13-11-20(3)12-14-22/h7-19H,4-6H2,1-3H3/q+1. The molecule has 1 heteroatoms. The first kappa shape index (κ1) is 18.6. The molecule has 1 aliphatic carbocycles. The summed E-state index contributed by atoms with van der Waals surface area (Å²) in [7, 11) is 0. The van der Waals surface area contributed by atoms with E-state index in [2.05, 4.69) is 111 Å². The van der Waals surface area contributed by atoms with Crippen molar-refractivity contribution >= 4 is 10.8 Å². The zero-order valence-electron chi connectivity index (χ0n) is 18.6. The Labute approximate surface area is 184 Å². The molecule has 3 aromatic carbocycles. The number of nitrogens with zero attached hydrogens (tertiary/aromatic N) is 1. The third kappa shape index (κ3) is 2.09. The second kappa shape index (κ2) is 6.17. The van der Waals surface area contributed by atoms with Crippen LogP contribution in [0, 0.1) is 6.92 Å². The van der Waals surface area contributed by atoms with Gasteiger partial charge in [0.15, 0.2) is 6.20 Å². The highest BCUT2D eigenvalue weighted by molar-refractivity contribution is 5.96. The summed E-state index contributed by atoms with van der Waals surface area (Å²) in [6.45, 7) is 11.4. The summed E-state index contributed by atoms with van der Waals surface area (Å²) in [6, 6.07) is 27.1. The third-order valence-electron chi connectivity index (χ3n) is 8.09. The Hall–Kier alpha value is -3.19. The van der Waals surface area contributed by atoms with Gasteiger partial charge in [-0.25, -0.2) is 0 Å². The lowest BCUT2D eigenvalue weighted by Crippen LogP contribution is -2.54. The zero-order valence-corrected chi connectivity index (χ0v) is 18.6. The van der Waals surface area contributed by atoms with Gasteiger partial charge in [-0.05, 0) is 47.6 Å². The van der Waals surface area contributed by atoms with E-state index in [0.717, 1.165) is 12.8 Å². The van der Waals surface area contributed by atoms with Gasteiger partial charge in [0.1, 0.15) is 0 Å². The van der Waals surface area contributed by atoms with Crippen molar-refractivity contribution in [3.05, 3.63) is 102 Å². The Morgan fingerprint density at radius 3 is 2.32 bits per heavy atom. The van der Waals surface area contributed by atoms with Gasteiger partial charge in [-0.2, -0.15) is 4.57 Å². The second-order valence-corrected chi connectivity index (χ2v) is 9.20. The zero-order chi connectivity index (χ0) is 21.4. The average Bonchev–Trinajstić information content (AvgIpc) is 3.38. The van der Waals surface area contributed by atoms with Crippen LogP contribution in [-0.2, 0) is 11.0 Å². The first-order chi connectivity index (χ1) is 15.1. The normalized spacial score (nSPS) is 23.3. The molecule has 6 rings (SSSR count). The van der Waals surface area contributed by atoms with Crippen LogP contribution in [0.5, 0.6) is 0 Å². The smallest absolute Gasteiger partial charge is 0.187 e. The van der Waals surface area contributed by atoms with Gasteiger partial charge in [0, 0.05) is 18.1 Å². The molecule has 0 spiro atoms. The predicted octanol–water partition coefficient (Wildman–Crippen LogP) is 7.11. The van der Waals surface area contributed by atoms with Crippen molar-refractivity contribution < 1.29 is 4.57 Å². The topological polar surface area (TPSA) is 3.88 Å². The summed E-state index contributed by atoms with van der Waals surface area (Å²) in [5.41, 5.74) is 9.38. The number of fused-ring (bicyclic) bond motifs is 8. The number of pyridine rings is 1. The fourth-order valence-electron chi connectivity index (χ4n) is 6.54. The summed E-state index contributed by atoms with van der Waals surface area (Å²) in [5, 5.41) is 2.62. The number of allylic oxidation sites excluding steroid dienone is 1. The molecule has 2 heterocycles. The quantitative estimate of drug-likeness (QED) is 0.254. The molecule has 1 saturated carbocycles. The number of hydrogen-bond donors (Lipinski definition) is 0. The van der Waals surface area contributed by atoms with E-state index in [1.165, 1.54) is 49.9 Å². The van der Waals surface area contributed by atoms with E-state index in [4.69, 9.17) is 0 Å². The maximum atomic E-state index is 4.64. The van der Waals surface area contributed by atoms with E-state index in [-0.39, 0.29) is 11.0 Å². The largest absolute Gasteiger partial charge is 0.221 e. The van der Waals surface area contributed by atoms with Gasteiger partial charge in [0.25, 0.3) is 0 Å². The highest BCUT2D eigenvalue weighted by Crippen LogP contribution is 2.71. The molecule has 0 saturated heterocycles. The summed E-state index contributed by atoms with van der Waals surface area (Å²) in [4.78, 5) is 0. The molecule has 0 amide bonds. The van der Waals surface area contributed by atoms with Crippen LogP contribution in [0.25, 0.3) is 33.2 Å². The van der Waals surface area contributed by atoms with Gasteiger partial charge in [0.05, 0.1) is 16.4 Å². The summed E-state index contributed by atoms with van der Waals surface area (Å²) < 4.78 is 2.56. The summed E-state index contributed by atoms with van der Waals surface area (Å²) in [5.74, 6) is 0. The van der Waals surface area contributed by atoms with Crippen LogP contribution >= 0.6 is 0 Å². The van der Waals surface area contributed by atoms with Crippen molar-refractivity contribution in [2.24, 2.45) is 0 Å². The van der Waals surface area contributed by atoms with Crippen LogP contribution < -0.4 is 4.57 Å². The van der Waals surface area contributed by atoms with Crippen LogP contribution in [-0.4, -0.2) is 0 Å². The van der Waals surface area contributed by atoms with Crippen molar-refractivity contribution in [1.29, 1.82) is 0 Å². The Bertz CT molecular complexity index is 1380. The van der Waals surface area contributed by atoms with Crippen molar-refractivity contribution in [2.45, 2.75) is 44.6 Å². The van der Waals surface area contributed by atoms with E-state index in [1.54, 1.807) is 0 Å². The van der Waals surface area contributed by atoms with E-state index in [9.17, 15) is 0 Å². The van der Waals surface area contributed by atoms with Crippen LogP contribution in [0.15, 0.2) is 91.1 Å². The second-order valence-electron chi connectivity index (χ2n) is 9.20. The molecule has 0 bridgehead atoms. The number of aryl methyl sites for hydroxylation is 1. The SMILES string of the molecule is C=C1C2(CC)c3ccc(-c4ccc(C)cc4)cc3-c3c4ccccc4cc[n+]3C12CC. The minimum absolute atomic E-state index is 0.0144. The number of aromatic nitrogens is 1. The molecule has 0 radical (unpaired) electrons. The highest BCUT2D eigenvalue weighted by atomic mass is 15.2. The van der Waals surface area contributed by atoms with E-state index < -0.39 is 0 Å². The Morgan fingerprint density at radius 2 is 1.58 bits per heavy atom. The van der Waals surface area contributed by atoms with Crippen LogP contribution in [0.2, 0.25) is 0 Å². The predicted molar refractivity (Wildman–Crippen MR) is 129 cm³/mol. The van der Waals surface area contributed by atoms with Crippen LogP contribution in [0.3, 0.4) is 0 Å². The minimum Gasteiger partial charge on any atom is -0.187 e. The van der Waals surface area contributed by atoms with Gasteiger partial charge < -0.3 is 0 Å². The minimum atomic E-state index is -0.0144. The lowest BCUT2D eigenvalue weighted by Gasteiger charge is -2.29. The van der Waals surface area contributed by atoms with E-state index in [1.807, 2.05) is 0 Å². The summed E-state index contributed by atoms with van der Waals surface area (Å²) >= 11 is 0. The summed E-state index contributed by atoms with van der Waals surface area (Å²) in [6.07, 6.45) is 4.45. The van der Waals surface area contributed by atoms with Crippen LogP contribution in [0.1, 0.15) is 37.8 Å². The van der Waals surface area contributed by atoms with Gasteiger partial charge in [-0.1, -0.05) is 80.6 Å². The number of benzene rings is 3. The Morgan fingerprint density at radius 1 is 0.839 bits per heavy atom. The molecule has 2 unspecified atom stereocenters. The molecule has 0 N–H and O–H groups in total. The third-order valence-corrected chi connectivity index (χ3v) is 8.09. The van der Waals surface area contributed by atoms with E-state index in [0.29, 0.717) is 0 Å². The van der Waals surface area contributed by atoms with Crippen molar-refractivity contribution in [3.8, 4) is 22.4 Å². The molecule has 1 fully saturated rings. The van der Waals surface area contributed by atoms with Gasteiger partial charge in [0.2, 0.25) is 11.2 Å². The maximum Gasteiger partial charge on any atom is 0.221 e. The van der Waals surface area contributed by atoms with Gasteiger partial charge in [-0.3, -0.25) is 0 Å². The number of hydrogen-bond acceptors (Lipinski definition) is 0. The molecule has 31 heavy (non-hydrogen) atoms. The van der Waals surface area contributed by atoms with Crippen molar-refractivity contribution in [1.82, 2.24) is 0 Å². The number of rotatable bonds is 3. The molecular formula is C30H28N+. The maximum absolute atomic E-state index is 4.64. The molecule has 1 aromatic heterocycles. The molecule has 2 aliphatic rings. The lowest BCUT2D eigenvalue weighted by molar-refractivity contribution is -0.730. The molecule has 2 atom stereocenters. The Kier molecular flexibility index (Phi) is 3.69. The molecule has 1 aliphatic heterocycles. The first-order valence-electron chi connectivity index (χ1n) is 11.4. The van der Waals surface area contributed by atoms with Crippen LogP contribution in [0.4, 0.5) is 0 Å². The van der Waals surface area contributed by atoms with Gasteiger partial charge >= 0.3 is 0 Å². The van der Waals surface area contributed by atoms with Crippen molar-refractivity contribution in [3.63, 3.8) is 0 Å². The fourth-order valence-corrected chi connectivity index (χ4v) is 6.54. The Balaban J connectivity index is 1.72. The molecule has 1 nitrogen and oxygen atoms in total. The average molecular weight is 403 g/mol. The highest BCUT2D eigenvalue weighted by Gasteiger charge is 2.80. The fraction of sp³-hybridized carbons (Fsp3) is 0.233. The van der Waals surface area contributed by atoms with Crippen molar-refractivity contribution in [2.75, 3.05) is 0 Å².